The summed E-state index contributed by atoms with van der Waals surface area (Å²) >= 11 is 0. The van der Waals surface area contributed by atoms with Crippen LogP contribution in [-0.4, -0.2) is 25.6 Å². The zero-order valence-corrected chi connectivity index (χ0v) is 15.4. The minimum atomic E-state index is -1.40. The van der Waals surface area contributed by atoms with Gasteiger partial charge in [-0.25, -0.2) is 4.39 Å². The fourth-order valence-electron chi connectivity index (χ4n) is 2.95. The summed E-state index contributed by atoms with van der Waals surface area (Å²) in [4.78, 5) is 11.7. The van der Waals surface area contributed by atoms with Crippen molar-refractivity contribution >= 4 is 18.7 Å². The number of aldehydes is 1. The molecule has 0 amide bonds. The number of nitrogens with two attached hydrogens (primary N) is 1. The molecule has 0 aromatic heterocycles. The van der Waals surface area contributed by atoms with E-state index >= 15 is 0 Å². The predicted octanol–water partition coefficient (Wildman–Crippen LogP) is 3.51. The number of hydrogen-bond donors (Lipinski definition) is 1. The zero-order valence-electron chi connectivity index (χ0n) is 14.6. The van der Waals surface area contributed by atoms with Gasteiger partial charge in [-0.2, -0.15) is 0 Å². The minimum absolute atomic E-state index is 0. The van der Waals surface area contributed by atoms with Crippen LogP contribution in [0.1, 0.15) is 29.5 Å². The van der Waals surface area contributed by atoms with Gasteiger partial charge in [0.05, 0.1) is 13.2 Å². The van der Waals surface area contributed by atoms with Crippen LogP contribution in [-0.2, 0) is 15.1 Å². The van der Waals surface area contributed by atoms with Crippen LogP contribution in [0.4, 0.5) is 4.39 Å². The molecule has 140 valence electrons. The third-order valence-corrected chi connectivity index (χ3v) is 4.64. The number of carbonyl (C=O) groups is 1. The van der Waals surface area contributed by atoms with Crippen LogP contribution in [0, 0.1) is 12.7 Å². The molecule has 0 aliphatic carbocycles. The van der Waals surface area contributed by atoms with Crippen LogP contribution in [0.5, 0.6) is 5.75 Å². The first kappa shape index (κ1) is 20.4. The van der Waals surface area contributed by atoms with Gasteiger partial charge in [-0.3, -0.25) is 0 Å². The standard InChI is InChI=1S/C20H22FNO3.ClH/c1-14-2-3-16(12-19(14)21)20(22,13-23)15-4-6-17(7-5-15)25-18-8-10-24-11-9-18;/h2-7,12-13,18H,8-11,22H2,1H3;1H. The lowest BCUT2D eigenvalue weighted by molar-refractivity contribution is -0.111. The van der Waals surface area contributed by atoms with Crippen molar-refractivity contribution in [3.8, 4) is 5.75 Å². The summed E-state index contributed by atoms with van der Waals surface area (Å²) in [6, 6.07) is 11.7. The smallest absolute Gasteiger partial charge is 0.148 e. The Morgan fingerprint density at radius 2 is 1.77 bits per heavy atom. The fraction of sp³-hybridized carbons (Fsp3) is 0.350. The van der Waals surface area contributed by atoms with Crippen molar-refractivity contribution in [3.05, 3.63) is 65.0 Å². The molecule has 1 atom stereocenters. The van der Waals surface area contributed by atoms with Crippen molar-refractivity contribution in [1.29, 1.82) is 0 Å². The lowest BCUT2D eigenvalue weighted by Crippen LogP contribution is -2.39. The third kappa shape index (κ3) is 4.23. The number of halogens is 2. The fourth-order valence-corrected chi connectivity index (χ4v) is 2.95. The van der Waals surface area contributed by atoms with Crippen molar-refractivity contribution in [3.63, 3.8) is 0 Å². The highest BCUT2D eigenvalue weighted by Gasteiger charge is 2.30. The number of benzene rings is 2. The molecule has 4 nitrogen and oxygen atoms in total. The van der Waals surface area contributed by atoms with Gasteiger partial charge in [-0.15, -0.1) is 12.4 Å². The quantitative estimate of drug-likeness (QED) is 0.807. The lowest BCUT2D eigenvalue weighted by atomic mass is 9.84. The van der Waals surface area contributed by atoms with Crippen LogP contribution in [0.15, 0.2) is 42.5 Å². The molecule has 1 unspecified atom stereocenters. The van der Waals surface area contributed by atoms with E-state index in [1.54, 1.807) is 43.3 Å². The number of ether oxygens (including phenoxy) is 2. The Bertz CT molecular complexity index is 747. The number of carbonyl (C=O) groups excluding carboxylic acids is 1. The van der Waals surface area contributed by atoms with Crippen LogP contribution in [0.2, 0.25) is 0 Å². The van der Waals surface area contributed by atoms with Crippen LogP contribution in [0.3, 0.4) is 0 Å². The van der Waals surface area contributed by atoms with E-state index in [2.05, 4.69) is 0 Å². The minimum Gasteiger partial charge on any atom is -0.490 e. The van der Waals surface area contributed by atoms with E-state index in [1.165, 1.54) is 6.07 Å². The molecule has 0 radical (unpaired) electrons. The maximum atomic E-state index is 13.9. The van der Waals surface area contributed by atoms with Crippen LogP contribution < -0.4 is 10.5 Å². The second kappa shape index (κ2) is 8.62. The van der Waals surface area contributed by atoms with Crippen molar-refractivity contribution in [2.24, 2.45) is 5.73 Å². The molecule has 1 fully saturated rings. The highest BCUT2D eigenvalue weighted by atomic mass is 35.5. The summed E-state index contributed by atoms with van der Waals surface area (Å²) in [7, 11) is 0. The Morgan fingerprint density at radius 3 is 2.35 bits per heavy atom. The molecule has 1 aliphatic heterocycles. The second-order valence-electron chi connectivity index (χ2n) is 6.40. The monoisotopic (exact) mass is 379 g/mol. The van der Waals surface area contributed by atoms with Gasteiger partial charge in [0.25, 0.3) is 0 Å². The Balaban J connectivity index is 0.00000243. The van der Waals surface area contributed by atoms with Crippen molar-refractivity contribution < 1.29 is 18.7 Å². The van der Waals surface area contributed by atoms with E-state index in [4.69, 9.17) is 15.2 Å². The summed E-state index contributed by atoms with van der Waals surface area (Å²) in [5.74, 6) is 0.340. The molecule has 0 saturated carbocycles. The summed E-state index contributed by atoms with van der Waals surface area (Å²) in [6.07, 6.45) is 2.50. The highest BCUT2D eigenvalue weighted by Crippen LogP contribution is 2.28. The summed E-state index contributed by atoms with van der Waals surface area (Å²) in [5, 5.41) is 0. The van der Waals surface area contributed by atoms with Crippen molar-refractivity contribution in [1.82, 2.24) is 0 Å². The van der Waals surface area contributed by atoms with E-state index in [0.29, 0.717) is 36.2 Å². The molecular formula is C20H23ClFNO3. The van der Waals surface area contributed by atoms with Crippen LogP contribution in [0.25, 0.3) is 0 Å². The van der Waals surface area contributed by atoms with Gasteiger partial charge in [-0.1, -0.05) is 24.3 Å². The van der Waals surface area contributed by atoms with Gasteiger partial charge in [0.15, 0.2) is 0 Å². The Kier molecular flexibility index (Phi) is 6.75. The van der Waals surface area contributed by atoms with Gasteiger partial charge in [0.2, 0.25) is 0 Å². The maximum absolute atomic E-state index is 13.9. The number of rotatable bonds is 5. The number of aryl methyl sites for hydroxylation is 1. The van der Waals surface area contributed by atoms with Gasteiger partial charge < -0.3 is 20.0 Å². The Morgan fingerprint density at radius 1 is 1.15 bits per heavy atom. The lowest BCUT2D eigenvalue weighted by Gasteiger charge is -2.26. The van der Waals surface area contributed by atoms with Crippen LogP contribution >= 0.6 is 12.4 Å². The van der Waals surface area contributed by atoms with E-state index in [1.807, 2.05) is 0 Å². The molecule has 0 bridgehead atoms. The average molecular weight is 380 g/mol. The average Bonchev–Trinajstić information content (AvgIpc) is 2.65. The predicted molar refractivity (Wildman–Crippen MR) is 100 cm³/mol. The van der Waals surface area contributed by atoms with E-state index in [-0.39, 0.29) is 24.3 Å². The summed E-state index contributed by atoms with van der Waals surface area (Å²) in [6.45, 7) is 3.08. The first-order chi connectivity index (χ1) is 12.0. The first-order valence-electron chi connectivity index (χ1n) is 8.40. The largest absolute Gasteiger partial charge is 0.490 e. The summed E-state index contributed by atoms with van der Waals surface area (Å²) in [5.41, 5.74) is 6.42. The van der Waals surface area contributed by atoms with Gasteiger partial charge >= 0.3 is 0 Å². The molecule has 2 aromatic rings. The van der Waals surface area contributed by atoms with E-state index < -0.39 is 5.54 Å². The van der Waals surface area contributed by atoms with Crippen molar-refractivity contribution in [2.75, 3.05) is 13.2 Å². The maximum Gasteiger partial charge on any atom is 0.148 e. The molecule has 26 heavy (non-hydrogen) atoms. The normalized spacial score (nSPS) is 17.0. The first-order valence-corrected chi connectivity index (χ1v) is 8.40. The third-order valence-electron chi connectivity index (χ3n) is 4.64. The molecule has 6 heteroatoms. The molecular weight excluding hydrogens is 357 g/mol. The second-order valence-corrected chi connectivity index (χ2v) is 6.40. The van der Waals surface area contributed by atoms with Crippen molar-refractivity contribution in [2.45, 2.75) is 31.4 Å². The molecule has 2 aromatic carbocycles. The molecule has 3 rings (SSSR count). The van der Waals surface area contributed by atoms with Gasteiger partial charge in [0, 0.05) is 12.8 Å². The zero-order chi connectivity index (χ0) is 17.9. The molecule has 0 spiro atoms. The summed E-state index contributed by atoms with van der Waals surface area (Å²) < 4.78 is 25.1. The van der Waals surface area contributed by atoms with E-state index in [0.717, 1.165) is 18.6 Å². The van der Waals surface area contributed by atoms with Gasteiger partial charge in [-0.05, 0) is 41.8 Å². The SMILES string of the molecule is Cc1ccc(C(N)(C=O)c2ccc(OC3CCOCC3)cc2)cc1F.Cl. The topological polar surface area (TPSA) is 61.6 Å². The number of hydrogen-bond acceptors (Lipinski definition) is 4. The molecule has 1 heterocycles. The van der Waals surface area contributed by atoms with Gasteiger partial charge in [0.1, 0.15) is 29.5 Å². The van der Waals surface area contributed by atoms with E-state index in [9.17, 15) is 9.18 Å². The molecule has 2 N–H and O–H groups in total. The highest BCUT2D eigenvalue weighted by molar-refractivity contribution is 5.85. The Labute approximate surface area is 158 Å². The molecule has 1 saturated heterocycles. The Hall–Kier alpha value is -1.95. The molecule has 1 aliphatic rings.